The van der Waals surface area contributed by atoms with Crippen LogP contribution in [0, 0.1) is 0 Å². The van der Waals surface area contributed by atoms with Crippen molar-refractivity contribution in [3.63, 3.8) is 0 Å². The maximum Gasteiger partial charge on any atom is 0.250 e. The zero-order valence-electron chi connectivity index (χ0n) is 17.8. The molecule has 0 radical (unpaired) electrons. The summed E-state index contributed by atoms with van der Waals surface area (Å²) in [5, 5.41) is 3.34. The Balaban J connectivity index is 0.00000132. The first-order chi connectivity index (χ1) is 14.9. The van der Waals surface area contributed by atoms with Gasteiger partial charge in [0, 0.05) is 29.0 Å². The molecule has 1 aliphatic carbocycles. The van der Waals surface area contributed by atoms with Gasteiger partial charge < -0.3 is 16.0 Å². The second-order valence-corrected chi connectivity index (χ2v) is 7.97. The molecule has 1 aromatic rings. The van der Waals surface area contributed by atoms with Crippen LogP contribution in [-0.4, -0.2) is 49.8 Å². The van der Waals surface area contributed by atoms with Gasteiger partial charge in [0.2, 0.25) is 17.7 Å². The Kier molecular flexibility index (Phi) is 6.67. The number of nitrogens with two attached hydrogens (primary N) is 1. The van der Waals surface area contributed by atoms with Gasteiger partial charge in [-0.05, 0) is 43.7 Å². The van der Waals surface area contributed by atoms with Crippen molar-refractivity contribution in [2.45, 2.75) is 24.7 Å². The second kappa shape index (κ2) is 9.08. The topological polar surface area (TPSA) is 95.7 Å². The van der Waals surface area contributed by atoms with Crippen molar-refractivity contribution in [3.8, 4) is 0 Å². The van der Waals surface area contributed by atoms with Crippen LogP contribution in [0.25, 0.3) is 0 Å². The van der Waals surface area contributed by atoms with Gasteiger partial charge in [-0.25, -0.2) is 0 Å². The molecule has 0 saturated carbocycles. The number of likely N-dealkylation sites (N-methyl/N-ethyl adjacent to an activating group) is 1. The first kappa shape index (κ1) is 22.8. The van der Waals surface area contributed by atoms with Crippen molar-refractivity contribution in [3.05, 3.63) is 64.9 Å². The molecule has 2 heterocycles. The van der Waals surface area contributed by atoms with Gasteiger partial charge in [0.25, 0.3) is 0 Å². The lowest BCUT2D eigenvalue weighted by Crippen LogP contribution is -2.47. The predicted octanol–water partition coefficient (Wildman–Crippen LogP) is 2.27. The van der Waals surface area contributed by atoms with E-state index in [1.54, 1.807) is 25.2 Å². The molecule has 1 aromatic carbocycles. The Hall–Kier alpha value is -2.90. The number of anilines is 1. The van der Waals surface area contributed by atoms with Crippen LogP contribution < -0.4 is 16.0 Å². The SMILES string of the molecule is C=C(CN1C(=O)C2(CC(=O)N(CC3=CCCC=C3)C2=O)c2cc(Cl)ccc21)NC.CN. The van der Waals surface area contributed by atoms with Crippen LogP contribution in [0.5, 0.6) is 0 Å². The van der Waals surface area contributed by atoms with E-state index in [0.29, 0.717) is 22.0 Å². The third-order valence-electron chi connectivity index (χ3n) is 5.76. The maximum absolute atomic E-state index is 13.5. The lowest BCUT2D eigenvalue weighted by molar-refractivity contribution is -0.141. The number of imide groups is 1. The quantitative estimate of drug-likeness (QED) is 0.538. The largest absolute Gasteiger partial charge is 0.390 e. The molecule has 3 N–H and O–H groups in total. The van der Waals surface area contributed by atoms with Crippen LogP contribution in [0.4, 0.5) is 5.69 Å². The molecule has 2 aliphatic heterocycles. The summed E-state index contributed by atoms with van der Waals surface area (Å²) in [6.45, 7) is 4.29. The first-order valence-corrected chi connectivity index (χ1v) is 10.5. The highest BCUT2D eigenvalue weighted by Crippen LogP contribution is 2.49. The molecule has 164 valence electrons. The van der Waals surface area contributed by atoms with Crippen molar-refractivity contribution >= 4 is 35.0 Å². The predicted molar refractivity (Wildman–Crippen MR) is 122 cm³/mol. The van der Waals surface area contributed by atoms with Crippen molar-refractivity contribution < 1.29 is 14.4 Å². The minimum Gasteiger partial charge on any atom is -0.390 e. The van der Waals surface area contributed by atoms with Crippen molar-refractivity contribution in [2.24, 2.45) is 5.73 Å². The highest BCUT2D eigenvalue weighted by atomic mass is 35.5. The van der Waals surface area contributed by atoms with Crippen LogP contribution in [0.15, 0.2) is 54.3 Å². The molecule has 1 atom stereocenters. The molecule has 7 nitrogen and oxygen atoms in total. The van der Waals surface area contributed by atoms with E-state index in [-0.39, 0.29) is 25.4 Å². The highest BCUT2D eigenvalue weighted by molar-refractivity contribution is 6.32. The fraction of sp³-hybridized carbons (Fsp3) is 0.348. The van der Waals surface area contributed by atoms with Gasteiger partial charge in [-0.1, -0.05) is 36.4 Å². The summed E-state index contributed by atoms with van der Waals surface area (Å²) < 4.78 is 0. The summed E-state index contributed by atoms with van der Waals surface area (Å²) in [6, 6.07) is 5.03. The molecule has 3 aliphatic rings. The van der Waals surface area contributed by atoms with E-state index in [4.69, 9.17) is 11.6 Å². The third kappa shape index (κ3) is 3.79. The molecule has 4 rings (SSSR count). The zero-order valence-corrected chi connectivity index (χ0v) is 18.5. The Bertz CT molecular complexity index is 1000. The van der Waals surface area contributed by atoms with Gasteiger partial charge >= 0.3 is 0 Å². The smallest absolute Gasteiger partial charge is 0.250 e. The minimum atomic E-state index is -1.55. The summed E-state index contributed by atoms with van der Waals surface area (Å²) in [4.78, 5) is 42.6. The highest BCUT2D eigenvalue weighted by Gasteiger charge is 2.63. The maximum atomic E-state index is 13.5. The van der Waals surface area contributed by atoms with E-state index >= 15 is 0 Å². The molecule has 0 aromatic heterocycles. The van der Waals surface area contributed by atoms with Crippen LogP contribution in [0.1, 0.15) is 24.8 Å². The number of hydrogen-bond acceptors (Lipinski definition) is 5. The molecule has 1 fully saturated rings. The normalized spacial score (nSPS) is 21.8. The fourth-order valence-electron chi connectivity index (χ4n) is 4.21. The van der Waals surface area contributed by atoms with Gasteiger partial charge in [-0.2, -0.15) is 0 Å². The monoisotopic (exact) mass is 442 g/mol. The molecule has 3 amide bonds. The van der Waals surface area contributed by atoms with E-state index in [0.717, 1.165) is 18.4 Å². The molecular weight excluding hydrogens is 416 g/mol. The number of carbonyl (C=O) groups is 3. The summed E-state index contributed by atoms with van der Waals surface area (Å²) >= 11 is 6.20. The molecule has 1 spiro atoms. The zero-order chi connectivity index (χ0) is 22.8. The number of nitrogens with one attached hydrogen (secondary N) is 1. The second-order valence-electron chi connectivity index (χ2n) is 7.53. The molecule has 0 bridgehead atoms. The molecule has 1 unspecified atom stereocenters. The van der Waals surface area contributed by atoms with Gasteiger partial charge in [0.15, 0.2) is 5.41 Å². The van der Waals surface area contributed by atoms with Crippen LogP contribution in [-0.2, 0) is 19.8 Å². The number of likely N-dealkylation sites (tertiary alicyclic amines) is 1. The van der Waals surface area contributed by atoms with Gasteiger partial charge in [0.05, 0.1) is 19.5 Å². The number of hydrogen-bond donors (Lipinski definition) is 2. The number of allylic oxidation sites excluding steroid dienone is 2. The summed E-state index contributed by atoms with van der Waals surface area (Å²) in [5.74, 6) is -1.22. The molecule has 1 saturated heterocycles. The summed E-state index contributed by atoms with van der Waals surface area (Å²) in [7, 11) is 3.22. The number of nitrogens with zero attached hydrogens (tertiary/aromatic N) is 2. The first-order valence-electron chi connectivity index (χ1n) is 10.1. The van der Waals surface area contributed by atoms with Gasteiger partial charge in [0.1, 0.15) is 0 Å². The summed E-state index contributed by atoms with van der Waals surface area (Å²) in [6.07, 6.45) is 7.62. The summed E-state index contributed by atoms with van der Waals surface area (Å²) in [5.41, 5.74) is 5.57. The van der Waals surface area contributed by atoms with Crippen LogP contribution in [0.3, 0.4) is 0 Å². The number of benzene rings is 1. The minimum absolute atomic E-state index is 0.183. The van der Waals surface area contributed by atoms with Crippen LogP contribution in [0.2, 0.25) is 5.02 Å². The van der Waals surface area contributed by atoms with Crippen molar-refractivity contribution in [1.82, 2.24) is 10.2 Å². The molecular formula is C23H27ClN4O3. The number of rotatable bonds is 5. The lowest BCUT2D eigenvalue weighted by atomic mass is 9.80. The Morgan fingerprint density at radius 3 is 2.55 bits per heavy atom. The van der Waals surface area contributed by atoms with E-state index in [2.05, 4.69) is 17.6 Å². The Labute approximate surface area is 187 Å². The fourth-order valence-corrected chi connectivity index (χ4v) is 4.39. The third-order valence-corrected chi connectivity index (χ3v) is 6.00. The number of fused-ring (bicyclic) bond motifs is 2. The number of amides is 3. The molecule has 8 heteroatoms. The number of carbonyl (C=O) groups excluding carboxylic acids is 3. The van der Waals surface area contributed by atoms with E-state index in [1.807, 2.05) is 18.2 Å². The average molecular weight is 443 g/mol. The van der Waals surface area contributed by atoms with Crippen molar-refractivity contribution in [1.29, 1.82) is 0 Å². The van der Waals surface area contributed by atoms with Crippen LogP contribution >= 0.6 is 11.6 Å². The van der Waals surface area contributed by atoms with Gasteiger partial charge in [-0.3, -0.25) is 19.3 Å². The van der Waals surface area contributed by atoms with Crippen molar-refractivity contribution in [2.75, 3.05) is 32.1 Å². The van der Waals surface area contributed by atoms with Gasteiger partial charge in [-0.15, -0.1) is 0 Å². The molecule has 31 heavy (non-hydrogen) atoms. The average Bonchev–Trinajstić information content (AvgIpc) is 3.16. The van der Waals surface area contributed by atoms with E-state index < -0.39 is 17.2 Å². The van der Waals surface area contributed by atoms with E-state index in [9.17, 15) is 14.4 Å². The van der Waals surface area contributed by atoms with E-state index in [1.165, 1.54) is 16.8 Å². The Morgan fingerprint density at radius 2 is 1.90 bits per heavy atom. The number of halogens is 1. The Morgan fingerprint density at radius 1 is 1.19 bits per heavy atom. The lowest BCUT2D eigenvalue weighted by Gasteiger charge is -2.23. The standard InChI is InChI=1S/C22H22ClN3O3.CH5N/c1-14(24-2)12-25-18-9-8-16(23)10-17(18)22(20(25)28)11-19(27)26(21(22)29)13-15-6-4-3-5-7-15;1-2/h4,6-10,24H,1,3,5,11-13H2,2H3;2H2,1H3.